The van der Waals surface area contributed by atoms with Crippen molar-refractivity contribution in [1.82, 2.24) is 4.98 Å². The van der Waals surface area contributed by atoms with Crippen molar-refractivity contribution in [2.75, 3.05) is 0 Å². The molecule has 0 aliphatic carbocycles. The van der Waals surface area contributed by atoms with Gasteiger partial charge in [-0.1, -0.05) is 12.1 Å². The number of rotatable bonds is 8. The first-order valence-corrected chi connectivity index (χ1v) is 9.48. The average molecular weight is 412 g/mol. The highest BCUT2D eigenvalue weighted by molar-refractivity contribution is 7.46. The highest BCUT2D eigenvalue weighted by Crippen LogP contribution is 2.37. The van der Waals surface area contributed by atoms with Gasteiger partial charge in [0.2, 0.25) is 0 Å². The molecule has 150 valence electrons. The molecule has 1 heterocycles. The summed E-state index contributed by atoms with van der Waals surface area (Å²) >= 11 is 0. The molecule has 0 aliphatic rings. The second-order valence-electron chi connectivity index (χ2n) is 5.86. The third-order valence-corrected chi connectivity index (χ3v) is 4.22. The monoisotopic (exact) mass is 412 g/mol. The number of benzene rings is 1. The van der Waals surface area contributed by atoms with E-state index in [0.29, 0.717) is 5.56 Å². The van der Waals surface area contributed by atoms with E-state index >= 15 is 0 Å². The molecule has 1 aromatic heterocycles. The van der Waals surface area contributed by atoms with Gasteiger partial charge in [0, 0.05) is 30.0 Å². The molecular weight excluding hydrogens is 394 g/mol. The Labute approximate surface area is 159 Å². The van der Waals surface area contributed by atoms with Gasteiger partial charge in [0.25, 0.3) is 0 Å². The summed E-state index contributed by atoms with van der Waals surface area (Å²) in [6.45, 7) is 0.926. The molecule has 0 aliphatic heterocycles. The van der Waals surface area contributed by atoms with Crippen LogP contribution in [0, 0.1) is 12.7 Å². The number of aromatic hydroxyl groups is 1. The zero-order valence-electron chi connectivity index (χ0n) is 14.7. The fraction of sp³-hybridized carbons (Fsp3) is 0.235. The zero-order valence-corrected chi connectivity index (χ0v) is 15.6. The van der Waals surface area contributed by atoms with E-state index in [1.165, 1.54) is 37.4 Å². The predicted molar refractivity (Wildman–Crippen MR) is 96.6 cm³/mol. The molecule has 11 heteroatoms. The lowest BCUT2D eigenvalue weighted by Gasteiger charge is -2.12. The van der Waals surface area contributed by atoms with E-state index < -0.39 is 32.3 Å². The van der Waals surface area contributed by atoms with Gasteiger partial charge in [-0.3, -0.25) is 14.5 Å². The van der Waals surface area contributed by atoms with Crippen LogP contribution >= 0.6 is 7.82 Å². The molecule has 1 unspecified atom stereocenters. The molecule has 0 fully saturated rings. The maximum absolute atomic E-state index is 13.0. The number of halogens is 1. The van der Waals surface area contributed by atoms with Crippen molar-refractivity contribution in [2.45, 2.75) is 26.0 Å². The number of aryl methyl sites for hydroxylation is 1. The minimum Gasteiger partial charge on any atom is -0.505 e. The van der Waals surface area contributed by atoms with E-state index in [-0.39, 0.29) is 29.0 Å². The van der Waals surface area contributed by atoms with Crippen molar-refractivity contribution >= 4 is 20.0 Å². The number of carboxylic acid groups (broad SMARTS) is 1. The summed E-state index contributed by atoms with van der Waals surface area (Å²) in [5.41, 5.74) is 0.908. The zero-order chi connectivity index (χ0) is 20.9. The Morgan fingerprint density at radius 3 is 2.57 bits per heavy atom. The standard InChI is InChI=1S/C17H18FN2O7P/c1-10-16(21)14(12(7-19-10)9-27-28(24,25)26)8-20-15(17(22)23)6-11-2-4-13(18)5-3-11/h2-5,7-8,15,21H,6,9H2,1H3,(H,22,23)(H2,24,25,26). The van der Waals surface area contributed by atoms with Crippen molar-refractivity contribution in [2.24, 2.45) is 4.99 Å². The van der Waals surface area contributed by atoms with Crippen LogP contribution in [0.3, 0.4) is 0 Å². The fourth-order valence-corrected chi connectivity index (χ4v) is 2.58. The number of aliphatic carboxylic acids is 1. The first kappa shape index (κ1) is 21.6. The molecule has 0 bridgehead atoms. The van der Waals surface area contributed by atoms with E-state index in [1.54, 1.807) is 0 Å². The molecule has 0 saturated carbocycles. The number of hydrogen-bond acceptors (Lipinski definition) is 6. The molecule has 9 nitrogen and oxygen atoms in total. The second kappa shape index (κ2) is 9.03. The van der Waals surface area contributed by atoms with Crippen LogP contribution < -0.4 is 0 Å². The van der Waals surface area contributed by atoms with Crippen molar-refractivity contribution in [3.05, 3.63) is 58.7 Å². The summed E-state index contributed by atoms with van der Waals surface area (Å²) in [4.78, 5) is 37.0. The quantitative estimate of drug-likeness (QED) is 0.380. The van der Waals surface area contributed by atoms with Crippen LogP contribution in [-0.2, 0) is 26.9 Å². The molecular formula is C17H18FN2O7P. The maximum Gasteiger partial charge on any atom is 0.469 e. The molecule has 2 rings (SSSR count). The minimum absolute atomic E-state index is 0.0226. The summed E-state index contributed by atoms with van der Waals surface area (Å²) in [6, 6.07) is 4.05. The predicted octanol–water partition coefficient (Wildman–Crippen LogP) is 1.96. The van der Waals surface area contributed by atoms with Crippen LogP contribution in [0.25, 0.3) is 0 Å². The van der Waals surface area contributed by atoms with Crippen LogP contribution in [-0.4, -0.2) is 43.2 Å². The van der Waals surface area contributed by atoms with Crippen molar-refractivity contribution < 1.29 is 38.3 Å². The van der Waals surface area contributed by atoms with Crippen LogP contribution in [0.1, 0.15) is 22.4 Å². The van der Waals surface area contributed by atoms with Crippen LogP contribution in [0.2, 0.25) is 0 Å². The van der Waals surface area contributed by atoms with E-state index in [2.05, 4.69) is 14.5 Å². The molecule has 0 spiro atoms. The van der Waals surface area contributed by atoms with Crippen molar-refractivity contribution in [3.63, 3.8) is 0 Å². The molecule has 0 saturated heterocycles. The summed E-state index contributed by atoms with van der Waals surface area (Å²) in [5.74, 6) is -2.01. The Bertz CT molecular complexity index is 928. The average Bonchev–Trinajstić information content (AvgIpc) is 2.61. The topological polar surface area (TPSA) is 150 Å². The van der Waals surface area contributed by atoms with E-state index in [4.69, 9.17) is 9.79 Å². The van der Waals surface area contributed by atoms with Crippen LogP contribution in [0.4, 0.5) is 4.39 Å². The number of aromatic nitrogens is 1. The summed E-state index contributed by atoms with van der Waals surface area (Å²) in [5, 5.41) is 19.6. The number of pyridine rings is 1. The Hall–Kier alpha value is -2.65. The second-order valence-corrected chi connectivity index (χ2v) is 7.10. The van der Waals surface area contributed by atoms with Crippen molar-refractivity contribution in [1.29, 1.82) is 0 Å². The lowest BCUT2D eigenvalue weighted by molar-refractivity contribution is -0.138. The first-order valence-electron chi connectivity index (χ1n) is 7.95. The summed E-state index contributed by atoms with van der Waals surface area (Å²) < 4.78 is 28.3. The molecule has 28 heavy (non-hydrogen) atoms. The third kappa shape index (κ3) is 6.21. The molecule has 1 aromatic carbocycles. The Kier molecular flexibility index (Phi) is 6.98. The van der Waals surface area contributed by atoms with Gasteiger partial charge >= 0.3 is 13.8 Å². The van der Waals surface area contributed by atoms with Crippen LogP contribution in [0.15, 0.2) is 35.5 Å². The van der Waals surface area contributed by atoms with Gasteiger partial charge in [0.1, 0.15) is 11.6 Å². The van der Waals surface area contributed by atoms with Crippen molar-refractivity contribution in [3.8, 4) is 5.75 Å². The fourth-order valence-electron chi connectivity index (χ4n) is 2.28. The number of hydrogen-bond donors (Lipinski definition) is 4. The Balaban J connectivity index is 2.30. The number of nitrogens with zero attached hydrogens (tertiary/aromatic N) is 2. The number of phosphoric acid groups is 1. The van der Waals surface area contributed by atoms with Gasteiger partial charge in [-0.2, -0.15) is 0 Å². The van der Waals surface area contributed by atoms with Gasteiger partial charge in [-0.25, -0.2) is 13.8 Å². The van der Waals surface area contributed by atoms with Gasteiger partial charge in [-0.05, 0) is 24.6 Å². The summed E-state index contributed by atoms with van der Waals surface area (Å²) in [7, 11) is -4.76. The highest BCUT2D eigenvalue weighted by atomic mass is 31.2. The lowest BCUT2D eigenvalue weighted by Crippen LogP contribution is -2.21. The van der Waals surface area contributed by atoms with Crippen LogP contribution in [0.5, 0.6) is 5.75 Å². The van der Waals surface area contributed by atoms with E-state index in [0.717, 1.165) is 6.21 Å². The van der Waals surface area contributed by atoms with E-state index in [1.807, 2.05) is 0 Å². The van der Waals surface area contributed by atoms with Gasteiger partial charge in [0.05, 0.1) is 12.3 Å². The Morgan fingerprint density at radius 2 is 2.00 bits per heavy atom. The molecule has 1 atom stereocenters. The van der Waals surface area contributed by atoms with Gasteiger partial charge < -0.3 is 20.0 Å². The highest BCUT2D eigenvalue weighted by Gasteiger charge is 2.19. The van der Waals surface area contributed by atoms with Gasteiger partial charge in [0.15, 0.2) is 6.04 Å². The molecule has 4 N–H and O–H groups in total. The normalized spacial score (nSPS) is 13.0. The third-order valence-electron chi connectivity index (χ3n) is 3.76. The number of phosphoric ester groups is 1. The number of aliphatic imine (C=N–C) groups is 1. The molecule has 0 amide bonds. The molecule has 0 radical (unpaired) electrons. The molecule has 2 aromatic rings. The number of carbonyl (C=O) groups is 1. The lowest BCUT2D eigenvalue weighted by atomic mass is 10.1. The van der Waals surface area contributed by atoms with E-state index in [9.17, 15) is 24.0 Å². The largest absolute Gasteiger partial charge is 0.505 e. The minimum atomic E-state index is -4.76. The Morgan fingerprint density at radius 1 is 1.36 bits per heavy atom. The van der Waals surface area contributed by atoms with Gasteiger partial charge in [-0.15, -0.1) is 0 Å². The maximum atomic E-state index is 13.0. The first-order chi connectivity index (χ1) is 13.1. The summed E-state index contributed by atoms with van der Waals surface area (Å²) in [6.07, 6.45) is 2.30. The SMILES string of the molecule is Cc1ncc(COP(=O)(O)O)c(C=NC(Cc2ccc(F)cc2)C(=O)O)c1O. The smallest absolute Gasteiger partial charge is 0.469 e. The number of carboxylic acids is 1.